The first-order valence-corrected chi connectivity index (χ1v) is 6.29. The van der Waals surface area contributed by atoms with Gasteiger partial charge in [0, 0.05) is 25.4 Å². The lowest BCUT2D eigenvalue weighted by molar-refractivity contribution is 0.1000. The van der Waals surface area contributed by atoms with Gasteiger partial charge in [-0.25, -0.2) is 0 Å². The lowest BCUT2D eigenvalue weighted by Crippen LogP contribution is -2.19. The maximum atomic E-state index is 11.1. The van der Waals surface area contributed by atoms with Crippen molar-refractivity contribution < 1.29 is 4.79 Å². The van der Waals surface area contributed by atoms with Gasteiger partial charge in [0.15, 0.2) is 0 Å². The number of hydrogen-bond donors (Lipinski definition) is 2. The van der Waals surface area contributed by atoms with Crippen molar-refractivity contribution in [2.75, 3.05) is 17.7 Å². The summed E-state index contributed by atoms with van der Waals surface area (Å²) < 4.78 is 0. The number of carbonyl (C=O) groups excluding carboxylic acids is 1. The molecule has 5 heteroatoms. The molecule has 0 aliphatic rings. The van der Waals surface area contributed by atoms with Crippen molar-refractivity contribution in [3.63, 3.8) is 0 Å². The van der Waals surface area contributed by atoms with Gasteiger partial charge < -0.3 is 16.4 Å². The fourth-order valence-electron chi connectivity index (χ4n) is 2.11. The highest BCUT2D eigenvalue weighted by Crippen LogP contribution is 2.23. The normalized spacial score (nSPS) is 10.3. The average Bonchev–Trinajstić information content (AvgIpc) is 2.41. The van der Waals surface area contributed by atoms with E-state index in [1.807, 2.05) is 31.0 Å². The Hall–Kier alpha value is -2.56. The van der Waals surface area contributed by atoms with E-state index in [1.165, 1.54) is 0 Å². The summed E-state index contributed by atoms with van der Waals surface area (Å²) in [5, 5.41) is 0. The van der Waals surface area contributed by atoms with Crippen molar-refractivity contribution in [3.8, 4) is 0 Å². The number of aromatic nitrogens is 1. The minimum atomic E-state index is -0.411. The number of hydrogen-bond acceptors (Lipinski definition) is 4. The predicted octanol–water partition coefficient (Wildman–Crippen LogP) is 1.71. The van der Waals surface area contributed by atoms with Crippen LogP contribution in [0.15, 0.2) is 36.7 Å². The summed E-state index contributed by atoms with van der Waals surface area (Å²) in [6.07, 6.45) is 3.35. The van der Waals surface area contributed by atoms with Gasteiger partial charge in [-0.15, -0.1) is 0 Å². The molecule has 1 aromatic carbocycles. The molecule has 1 heterocycles. The van der Waals surface area contributed by atoms with Gasteiger partial charge in [0.1, 0.15) is 0 Å². The molecule has 4 N–H and O–H groups in total. The lowest BCUT2D eigenvalue weighted by atomic mass is 10.0. The fraction of sp³-hybridized carbons (Fsp3) is 0.200. The van der Waals surface area contributed by atoms with Crippen molar-refractivity contribution >= 4 is 17.3 Å². The number of anilines is 2. The summed E-state index contributed by atoms with van der Waals surface area (Å²) in [6.45, 7) is 2.66. The quantitative estimate of drug-likeness (QED) is 0.885. The Morgan fingerprint density at radius 3 is 2.70 bits per heavy atom. The third-order valence-corrected chi connectivity index (χ3v) is 3.27. The van der Waals surface area contributed by atoms with Crippen LogP contribution in [0, 0.1) is 6.92 Å². The zero-order chi connectivity index (χ0) is 14.7. The Balaban J connectivity index is 2.22. The zero-order valence-corrected chi connectivity index (χ0v) is 11.6. The second-order valence-electron chi connectivity index (χ2n) is 4.80. The van der Waals surface area contributed by atoms with E-state index in [0.29, 0.717) is 17.8 Å². The molecule has 0 aliphatic carbocycles. The molecular weight excluding hydrogens is 252 g/mol. The number of aryl methyl sites for hydroxylation is 1. The Labute approximate surface area is 118 Å². The molecule has 104 valence electrons. The number of nitrogens with two attached hydrogens (primary N) is 2. The number of carbonyl (C=O) groups is 1. The van der Waals surface area contributed by atoms with E-state index >= 15 is 0 Å². The van der Waals surface area contributed by atoms with Crippen molar-refractivity contribution in [2.45, 2.75) is 13.5 Å². The molecule has 0 aliphatic heterocycles. The zero-order valence-electron chi connectivity index (χ0n) is 11.6. The number of nitrogens with zero attached hydrogens (tertiary/aromatic N) is 2. The largest absolute Gasteiger partial charge is 0.396 e. The Morgan fingerprint density at radius 1 is 1.35 bits per heavy atom. The highest BCUT2D eigenvalue weighted by molar-refractivity contribution is 5.93. The Morgan fingerprint density at radius 2 is 2.10 bits per heavy atom. The number of nitrogen functional groups attached to an aromatic ring is 1. The third kappa shape index (κ3) is 2.88. The van der Waals surface area contributed by atoms with Crippen LogP contribution in [0.2, 0.25) is 0 Å². The summed E-state index contributed by atoms with van der Waals surface area (Å²) in [7, 11) is 1.97. The van der Waals surface area contributed by atoms with Crippen LogP contribution in [0.1, 0.15) is 21.5 Å². The molecule has 0 saturated heterocycles. The molecule has 0 atom stereocenters. The number of benzene rings is 1. The molecule has 0 bridgehead atoms. The van der Waals surface area contributed by atoms with Crippen LogP contribution >= 0.6 is 0 Å². The van der Waals surface area contributed by atoms with E-state index in [9.17, 15) is 4.79 Å². The van der Waals surface area contributed by atoms with Gasteiger partial charge in [0.2, 0.25) is 5.91 Å². The summed E-state index contributed by atoms with van der Waals surface area (Å²) in [5.41, 5.74) is 15.4. The minimum Gasteiger partial charge on any atom is -0.396 e. The number of primary amides is 1. The van der Waals surface area contributed by atoms with Crippen molar-refractivity contribution in [2.24, 2.45) is 5.73 Å². The number of amides is 1. The Kier molecular flexibility index (Phi) is 3.89. The molecule has 20 heavy (non-hydrogen) atoms. The SMILES string of the molecule is Cc1cc(C(N)=O)ccc1CN(C)c1ccncc1N. The third-order valence-electron chi connectivity index (χ3n) is 3.27. The summed E-state index contributed by atoms with van der Waals surface area (Å²) in [4.78, 5) is 17.2. The molecule has 5 nitrogen and oxygen atoms in total. The second kappa shape index (κ2) is 5.61. The van der Waals surface area contributed by atoms with Crippen LogP contribution in [0.5, 0.6) is 0 Å². The fourth-order valence-corrected chi connectivity index (χ4v) is 2.11. The summed E-state index contributed by atoms with van der Waals surface area (Å²) >= 11 is 0. The van der Waals surface area contributed by atoms with Gasteiger partial charge in [-0.3, -0.25) is 9.78 Å². The molecule has 2 rings (SSSR count). The standard InChI is InChI=1S/C15H18N4O/c1-10-7-11(15(17)20)3-4-12(10)9-19(2)14-5-6-18-8-13(14)16/h3-8H,9,16H2,1-2H3,(H2,17,20). The van der Waals surface area contributed by atoms with Crippen LogP contribution in [-0.2, 0) is 6.54 Å². The van der Waals surface area contributed by atoms with E-state index in [1.54, 1.807) is 24.5 Å². The summed E-state index contributed by atoms with van der Waals surface area (Å²) in [6, 6.07) is 7.35. The van der Waals surface area contributed by atoms with Gasteiger partial charge in [0.25, 0.3) is 0 Å². The molecule has 0 fully saturated rings. The van der Waals surface area contributed by atoms with E-state index in [2.05, 4.69) is 4.98 Å². The van der Waals surface area contributed by atoms with E-state index in [4.69, 9.17) is 11.5 Å². The molecule has 1 aromatic heterocycles. The highest BCUT2D eigenvalue weighted by Gasteiger charge is 2.09. The van der Waals surface area contributed by atoms with E-state index in [0.717, 1.165) is 16.8 Å². The van der Waals surface area contributed by atoms with Crippen molar-refractivity contribution in [1.82, 2.24) is 4.98 Å². The lowest BCUT2D eigenvalue weighted by Gasteiger charge is -2.22. The monoisotopic (exact) mass is 270 g/mol. The van der Waals surface area contributed by atoms with E-state index in [-0.39, 0.29) is 0 Å². The molecule has 2 aromatic rings. The topological polar surface area (TPSA) is 85.2 Å². The molecule has 0 radical (unpaired) electrons. The van der Waals surface area contributed by atoms with Crippen LogP contribution < -0.4 is 16.4 Å². The first kappa shape index (κ1) is 13.9. The van der Waals surface area contributed by atoms with Crippen molar-refractivity contribution in [1.29, 1.82) is 0 Å². The maximum Gasteiger partial charge on any atom is 0.248 e. The van der Waals surface area contributed by atoms with Crippen LogP contribution in [0.4, 0.5) is 11.4 Å². The van der Waals surface area contributed by atoms with E-state index < -0.39 is 5.91 Å². The van der Waals surface area contributed by atoms with Gasteiger partial charge in [-0.2, -0.15) is 0 Å². The first-order chi connectivity index (χ1) is 9.49. The summed E-state index contributed by atoms with van der Waals surface area (Å²) in [5.74, 6) is -0.411. The molecule has 0 saturated carbocycles. The second-order valence-corrected chi connectivity index (χ2v) is 4.80. The smallest absolute Gasteiger partial charge is 0.248 e. The number of rotatable bonds is 4. The van der Waals surface area contributed by atoms with Crippen LogP contribution in [0.25, 0.3) is 0 Å². The Bertz CT molecular complexity index is 640. The van der Waals surface area contributed by atoms with Gasteiger partial charge >= 0.3 is 0 Å². The predicted molar refractivity (Wildman–Crippen MR) is 80.5 cm³/mol. The first-order valence-electron chi connectivity index (χ1n) is 6.29. The van der Waals surface area contributed by atoms with Crippen LogP contribution in [0.3, 0.4) is 0 Å². The number of pyridine rings is 1. The minimum absolute atomic E-state index is 0.411. The van der Waals surface area contributed by atoms with Gasteiger partial charge in [0.05, 0.1) is 17.6 Å². The molecule has 0 spiro atoms. The average molecular weight is 270 g/mol. The molecule has 0 unspecified atom stereocenters. The van der Waals surface area contributed by atoms with Crippen molar-refractivity contribution in [3.05, 3.63) is 53.3 Å². The molecular formula is C15H18N4O. The maximum absolute atomic E-state index is 11.1. The van der Waals surface area contributed by atoms with Gasteiger partial charge in [-0.1, -0.05) is 6.07 Å². The highest BCUT2D eigenvalue weighted by atomic mass is 16.1. The molecule has 1 amide bonds. The van der Waals surface area contributed by atoms with Crippen LogP contribution in [-0.4, -0.2) is 17.9 Å². The van der Waals surface area contributed by atoms with Gasteiger partial charge in [-0.05, 0) is 36.2 Å².